The van der Waals surface area contributed by atoms with E-state index in [2.05, 4.69) is 35.3 Å². The number of hydrogen-bond donors (Lipinski definition) is 2. The van der Waals surface area contributed by atoms with Crippen LogP contribution in [0.1, 0.15) is 37.5 Å². The van der Waals surface area contributed by atoms with Gasteiger partial charge in [0, 0.05) is 36.0 Å². The molecule has 1 aromatic heterocycles. The number of aliphatic carboxylic acids is 1. The molecule has 0 aliphatic rings. The molecule has 0 bridgehead atoms. The number of H-pyrrole nitrogens is 1. The Labute approximate surface area is 245 Å². The predicted molar refractivity (Wildman–Crippen MR) is 170 cm³/mol. The van der Waals surface area contributed by atoms with Crippen molar-refractivity contribution in [1.82, 2.24) is 9.88 Å². The van der Waals surface area contributed by atoms with Gasteiger partial charge in [0.05, 0.1) is 0 Å². The number of rotatable bonds is 8. The van der Waals surface area contributed by atoms with Crippen LogP contribution in [-0.2, 0) is 28.0 Å². The summed E-state index contributed by atoms with van der Waals surface area (Å²) in [5.74, 6) is -1.34. The fourth-order valence-corrected chi connectivity index (χ4v) is 6.57. The largest absolute Gasteiger partial charge is 0.479 e. The second-order valence-corrected chi connectivity index (χ2v) is 11.6. The molecule has 0 aliphatic heterocycles. The van der Waals surface area contributed by atoms with Gasteiger partial charge in [0.15, 0.2) is 0 Å². The molecule has 0 spiro atoms. The van der Waals surface area contributed by atoms with Crippen molar-refractivity contribution in [1.29, 1.82) is 0 Å². The summed E-state index contributed by atoms with van der Waals surface area (Å²) in [4.78, 5) is 32.1. The van der Waals surface area contributed by atoms with Gasteiger partial charge in [-0.05, 0) is 63.7 Å². The molecule has 6 aromatic rings. The van der Waals surface area contributed by atoms with Crippen molar-refractivity contribution in [3.05, 3.63) is 132 Å². The number of aromatic nitrogens is 1. The quantitative estimate of drug-likeness (QED) is 0.201. The van der Waals surface area contributed by atoms with E-state index in [1.807, 2.05) is 92.0 Å². The van der Waals surface area contributed by atoms with Crippen molar-refractivity contribution in [2.45, 2.75) is 44.7 Å². The molecule has 5 nitrogen and oxygen atoms in total. The van der Waals surface area contributed by atoms with Crippen LogP contribution in [0.15, 0.2) is 115 Å². The van der Waals surface area contributed by atoms with Crippen molar-refractivity contribution >= 4 is 44.3 Å². The van der Waals surface area contributed by atoms with Crippen LogP contribution >= 0.6 is 0 Å². The zero-order chi connectivity index (χ0) is 29.5. The highest BCUT2D eigenvalue weighted by Gasteiger charge is 2.57. The summed E-state index contributed by atoms with van der Waals surface area (Å²) < 4.78 is 0. The molecule has 1 heterocycles. The van der Waals surface area contributed by atoms with E-state index in [0.29, 0.717) is 6.42 Å². The number of carbonyl (C=O) groups is 2. The molecule has 2 N–H and O–H groups in total. The number of para-hydroxylation sites is 1. The first-order valence-corrected chi connectivity index (χ1v) is 14.2. The van der Waals surface area contributed by atoms with Crippen LogP contribution in [-0.4, -0.2) is 32.4 Å². The smallest absolute Gasteiger partial charge is 0.330 e. The van der Waals surface area contributed by atoms with Crippen LogP contribution in [0, 0.1) is 0 Å². The lowest BCUT2D eigenvalue weighted by molar-refractivity contribution is -0.164. The molecule has 0 radical (unpaired) electrons. The number of fused-ring (bicyclic) bond motifs is 3. The predicted octanol–water partition coefficient (Wildman–Crippen LogP) is 7.87. The highest BCUT2D eigenvalue weighted by molar-refractivity contribution is 5.92. The zero-order valence-corrected chi connectivity index (χ0v) is 24.1. The minimum absolute atomic E-state index is 0.165. The van der Waals surface area contributed by atoms with Gasteiger partial charge in [-0.25, -0.2) is 4.79 Å². The molecule has 210 valence electrons. The number of nitrogens with one attached hydrogen (secondary N) is 1. The van der Waals surface area contributed by atoms with E-state index < -0.39 is 16.9 Å². The number of carboxylic acid groups (broad SMARTS) is 1. The molecule has 0 saturated carbocycles. The van der Waals surface area contributed by atoms with Crippen LogP contribution in [0.4, 0.5) is 0 Å². The van der Waals surface area contributed by atoms with Crippen LogP contribution < -0.4 is 0 Å². The van der Waals surface area contributed by atoms with Gasteiger partial charge in [-0.1, -0.05) is 104 Å². The van der Waals surface area contributed by atoms with Crippen molar-refractivity contribution < 1.29 is 14.7 Å². The molecule has 0 fully saturated rings. The fourth-order valence-electron chi connectivity index (χ4n) is 6.57. The summed E-state index contributed by atoms with van der Waals surface area (Å²) in [6.07, 6.45) is 2.32. The topological polar surface area (TPSA) is 73.4 Å². The fraction of sp³-hybridized carbons (Fsp3) is 0.189. The maximum atomic E-state index is 13.6. The Morgan fingerprint density at radius 1 is 0.738 bits per heavy atom. The van der Waals surface area contributed by atoms with Crippen LogP contribution in [0.5, 0.6) is 0 Å². The minimum atomic E-state index is -1.61. The van der Waals surface area contributed by atoms with E-state index in [1.165, 1.54) is 6.92 Å². The Kier molecular flexibility index (Phi) is 6.82. The molecular formula is C37H34N2O3. The van der Waals surface area contributed by atoms with E-state index in [4.69, 9.17) is 0 Å². The minimum Gasteiger partial charge on any atom is -0.479 e. The van der Waals surface area contributed by atoms with E-state index in [1.54, 1.807) is 11.8 Å². The summed E-state index contributed by atoms with van der Waals surface area (Å²) in [6, 6.07) is 36.5. The second kappa shape index (κ2) is 10.5. The van der Waals surface area contributed by atoms with Crippen molar-refractivity contribution in [2.24, 2.45) is 0 Å². The average Bonchev–Trinajstić information content (AvgIpc) is 3.44. The Bertz CT molecular complexity index is 1960. The molecule has 6 rings (SSSR count). The molecule has 2 atom stereocenters. The van der Waals surface area contributed by atoms with Gasteiger partial charge in [-0.3, -0.25) is 4.79 Å². The van der Waals surface area contributed by atoms with Crippen LogP contribution in [0.3, 0.4) is 0 Å². The number of nitrogens with zero attached hydrogens (tertiary/aromatic N) is 1. The third-order valence-electron chi connectivity index (χ3n) is 9.12. The van der Waals surface area contributed by atoms with E-state index in [9.17, 15) is 14.7 Å². The van der Waals surface area contributed by atoms with E-state index >= 15 is 0 Å². The Balaban J connectivity index is 1.54. The third-order valence-corrected chi connectivity index (χ3v) is 9.12. The number of aromatic amines is 1. The highest BCUT2D eigenvalue weighted by atomic mass is 16.4. The SMILES string of the molecule is CC(=O)N(Cc1ccc2ccccc2c1)[C@@](C)(C(=O)O)C(C)(Cc1ccc2ccccc2c1)c1c[nH]c2ccccc12. The molecule has 0 aliphatic carbocycles. The molecule has 5 aromatic carbocycles. The Hall–Kier alpha value is -4.90. The number of carbonyl (C=O) groups excluding carboxylic acids is 1. The number of amides is 1. The average molecular weight is 555 g/mol. The van der Waals surface area contributed by atoms with Crippen molar-refractivity contribution in [2.75, 3.05) is 0 Å². The van der Waals surface area contributed by atoms with Crippen molar-refractivity contribution in [3.63, 3.8) is 0 Å². The van der Waals surface area contributed by atoms with E-state index in [-0.39, 0.29) is 12.5 Å². The lowest BCUT2D eigenvalue weighted by Crippen LogP contribution is -2.65. The molecule has 0 saturated heterocycles. The molecule has 1 amide bonds. The Morgan fingerprint density at radius 3 is 1.90 bits per heavy atom. The number of hydrogen-bond acceptors (Lipinski definition) is 2. The lowest BCUT2D eigenvalue weighted by Gasteiger charge is -2.50. The number of benzene rings is 5. The highest BCUT2D eigenvalue weighted by Crippen LogP contribution is 2.46. The molecule has 1 unspecified atom stereocenters. The van der Waals surface area contributed by atoms with Gasteiger partial charge in [-0.2, -0.15) is 0 Å². The van der Waals surface area contributed by atoms with Crippen molar-refractivity contribution in [3.8, 4) is 0 Å². The second-order valence-electron chi connectivity index (χ2n) is 11.6. The summed E-state index contributed by atoms with van der Waals surface area (Å²) in [5.41, 5.74) is 1.03. The zero-order valence-electron chi connectivity index (χ0n) is 24.1. The lowest BCUT2D eigenvalue weighted by atomic mass is 9.62. The molecular weight excluding hydrogens is 520 g/mol. The molecule has 42 heavy (non-hydrogen) atoms. The van der Waals surface area contributed by atoms with Gasteiger partial charge in [0.1, 0.15) is 5.54 Å². The summed E-state index contributed by atoms with van der Waals surface area (Å²) >= 11 is 0. The van der Waals surface area contributed by atoms with Gasteiger partial charge >= 0.3 is 5.97 Å². The van der Waals surface area contributed by atoms with E-state index in [0.717, 1.165) is 49.1 Å². The number of carboxylic acids is 1. The summed E-state index contributed by atoms with van der Waals surface area (Å²) in [6.45, 7) is 5.33. The van der Waals surface area contributed by atoms with Gasteiger partial charge < -0.3 is 15.0 Å². The van der Waals surface area contributed by atoms with Crippen LogP contribution in [0.2, 0.25) is 0 Å². The summed E-state index contributed by atoms with van der Waals surface area (Å²) in [7, 11) is 0. The first-order chi connectivity index (χ1) is 20.2. The maximum absolute atomic E-state index is 13.6. The van der Waals surface area contributed by atoms with Crippen LogP contribution in [0.25, 0.3) is 32.4 Å². The third kappa shape index (κ3) is 4.51. The van der Waals surface area contributed by atoms with Gasteiger partial charge in [-0.15, -0.1) is 0 Å². The summed E-state index contributed by atoms with van der Waals surface area (Å²) in [5, 5.41) is 16.5. The van der Waals surface area contributed by atoms with Gasteiger partial charge in [0.25, 0.3) is 0 Å². The molecule has 5 heteroatoms. The maximum Gasteiger partial charge on any atom is 0.330 e. The first-order valence-electron chi connectivity index (χ1n) is 14.2. The van der Waals surface area contributed by atoms with Gasteiger partial charge in [0.2, 0.25) is 5.91 Å². The first kappa shape index (κ1) is 27.3. The standard InChI is InChI=1S/C37H34N2O3/c1-25(40)39(24-27-17-19-29-11-5-7-13-31(29)21-27)37(3,35(41)42)36(2,33-23-38-34-15-9-8-14-32(33)34)22-26-16-18-28-10-4-6-12-30(28)20-26/h4-21,23,38H,22,24H2,1-3H3,(H,41,42)/t36?,37-/m0/s1. The normalized spacial score (nSPS) is 14.5. The Morgan fingerprint density at radius 2 is 1.29 bits per heavy atom. The monoisotopic (exact) mass is 554 g/mol.